The van der Waals surface area contributed by atoms with Gasteiger partial charge < -0.3 is 5.32 Å². The highest BCUT2D eigenvalue weighted by Gasteiger charge is 2.18. The average Bonchev–Trinajstić information content (AvgIpc) is 2.61. The summed E-state index contributed by atoms with van der Waals surface area (Å²) in [6.45, 7) is 11.3. The number of rotatable bonds is 5. The van der Waals surface area contributed by atoms with Gasteiger partial charge in [0.15, 0.2) is 0 Å². The van der Waals surface area contributed by atoms with Gasteiger partial charge in [0.1, 0.15) is 0 Å². The van der Waals surface area contributed by atoms with Gasteiger partial charge in [-0.3, -0.25) is 4.90 Å². The molecule has 2 nitrogen and oxygen atoms in total. The number of nitrogens with zero attached hydrogens (tertiary/aromatic N) is 1. The van der Waals surface area contributed by atoms with Gasteiger partial charge in [-0.05, 0) is 51.4 Å². The first kappa shape index (κ1) is 15.0. The van der Waals surface area contributed by atoms with Crippen LogP contribution >= 0.6 is 11.3 Å². The summed E-state index contributed by atoms with van der Waals surface area (Å²) < 4.78 is 0. The molecular formula is C16H28N2S. The molecule has 0 radical (unpaired) electrons. The molecule has 0 aliphatic carbocycles. The summed E-state index contributed by atoms with van der Waals surface area (Å²) in [4.78, 5) is 5.67. The second-order valence-electron chi connectivity index (χ2n) is 5.74. The van der Waals surface area contributed by atoms with Crippen LogP contribution in [0.15, 0.2) is 6.07 Å². The zero-order chi connectivity index (χ0) is 13.7. The van der Waals surface area contributed by atoms with Crippen LogP contribution in [0.4, 0.5) is 0 Å². The van der Waals surface area contributed by atoms with Crippen molar-refractivity contribution in [2.24, 2.45) is 0 Å². The summed E-state index contributed by atoms with van der Waals surface area (Å²) in [7, 11) is 0. The van der Waals surface area contributed by atoms with E-state index in [1.165, 1.54) is 42.0 Å². The Hall–Kier alpha value is -0.380. The van der Waals surface area contributed by atoms with Crippen LogP contribution in [-0.4, -0.2) is 24.0 Å². The Morgan fingerprint density at radius 1 is 1.37 bits per heavy atom. The highest BCUT2D eigenvalue weighted by molar-refractivity contribution is 7.12. The summed E-state index contributed by atoms with van der Waals surface area (Å²) in [5.41, 5.74) is 1.55. The van der Waals surface area contributed by atoms with Gasteiger partial charge in [-0.15, -0.1) is 11.3 Å². The van der Waals surface area contributed by atoms with Gasteiger partial charge in [0.25, 0.3) is 0 Å². The quantitative estimate of drug-likeness (QED) is 0.879. The first-order chi connectivity index (χ1) is 9.20. The molecule has 1 aromatic rings. The van der Waals surface area contributed by atoms with Crippen molar-refractivity contribution in [2.45, 2.75) is 65.6 Å². The number of hydrogen-bond acceptors (Lipinski definition) is 3. The SMILES string of the molecule is CCNCc1cc(CN2CCCCCC2C)c(C)s1. The normalized spacial score (nSPS) is 21.5. The predicted octanol–water partition coefficient (Wildman–Crippen LogP) is 3.93. The average molecular weight is 280 g/mol. The Bertz CT molecular complexity index is 386. The highest BCUT2D eigenvalue weighted by Crippen LogP contribution is 2.25. The lowest BCUT2D eigenvalue weighted by Crippen LogP contribution is -2.32. The Morgan fingerprint density at radius 3 is 3.00 bits per heavy atom. The van der Waals surface area contributed by atoms with Crippen LogP contribution in [0.3, 0.4) is 0 Å². The number of hydrogen-bond donors (Lipinski definition) is 1. The van der Waals surface area contributed by atoms with Crippen molar-refractivity contribution >= 4 is 11.3 Å². The Morgan fingerprint density at radius 2 is 2.21 bits per heavy atom. The van der Waals surface area contributed by atoms with Gasteiger partial charge in [0.2, 0.25) is 0 Å². The van der Waals surface area contributed by atoms with Crippen LogP contribution in [0.1, 0.15) is 54.8 Å². The summed E-state index contributed by atoms with van der Waals surface area (Å²) in [6, 6.07) is 3.17. The Kier molecular flexibility index (Phi) is 5.86. The minimum absolute atomic E-state index is 0.749. The van der Waals surface area contributed by atoms with Crippen molar-refractivity contribution in [2.75, 3.05) is 13.1 Å². The van der Waals surface area contributed by atoms with Crippen LogP contribution < -0.4 is 5.32 Å². The molecule has 0 bridgehead atoms. The minimum Gasteiger partial charge on any atom is -0.312 e. The maximum atomic E-state index is 3.42. The smallest absolute Gasteiger partial charge is 0.0299 e. The number of nitrogens with one attached hydrogen (secondary N) is 1. The van der Waals surface area contributed by atoms with E-state index >= 15 is 0 Å². The summed E-state index contributed by atoms with van der Waals surface area (Å²) in [5, 5.41) is 3.42. The molecule has 0 aromatic carbocycles. The third-order valence-electron chi connectivity index (χ3n) is 4.18. The molecule has 1 saturated heterocycles. The second kappa shape index (κ2) is 7.41. The summed E-state index contributed by atoms with van der Waals surface area (Å²) >= 11 is 1.96. The van der Waals surface area contributed by atoms with Gasteiger partial charge in [0.05, 0.1) is 0 Å². The summed E-state index contributed by atoms with van der Waals surface area (Å²) in [6.07, 6.45) is 5.56. The molecule has 1 aromatic heterocycles. The molecular weight excluding hydrogens is 252 g/mol. The van der Waals surface area contributed by atoms with E-state index < -0.39 is 0 Å². The third kappa shape index (κ3) is 4.30. The van der Waals surface area contributed by atoms with E-state index in [1.807, 2.05) is 11.3 Å². The number of aryl methyl sites for hydroxylation is 1. The monoisotopic (exact) mass is 280 g/mol. The van der Waals surface area contributed by atoms with Gasteiger partial charge in [-0.2, -0.15) is 0 Å². The minimum atomic E-state index is 0.749. The molecule has 1 N–H and O–H groups in total. The Labute approximate surface area is 122 Å². The van der Waals surface area contributed by atoms with Crippen molar-refractivity contribution in [3.8, 4) is 0 Å². The maximum Gasteiger partial charge on any atom is 0.0299 e. The van der Waals surface area contributed by atoms with E-state index in [1.54, 1.807) is 5.56 Å². The van der Waals surface area contributed by atoms with E-state index in [2.05, 4.69) is 37.1 Å². The molecule has 1 unspecified atom stereocenters. The molecule has 1 aliphatic rings. The number of thiophene rings is 1. The maximum absolute atomic E-state index is 3.42. The fraction of sp³-hybridized carbons (Fsp3) is 0.750. The lowest BCUT2D eigenvalue weighted by atomic mass is 10.1. The summed E-state index contributed by atoms with van der Waals surface area (Å²) in [5.74, 6) is 0. The van der Waals surface area contributed by atoms with Crippen LogP contribution in [0.5, 0.6) is 0 Å². The molecule has 0 amide bonds. The van der Waals surface area contributed by atoms with E-state index in [-0.39, 0.29) is 0 Å². The zero-order valence-electron chi connectivity index (χ0n) is 12.7. The molecule has 108 valence electrons. The molecule has 0 saturated carbocycles. The second-order valence-corrected chi connectivity index (χ2v) is 7.08. The fourth-order valence-corrected chi connectivity index (χ4v) is 3.89. The molecule has 1 atom stereocenters. The predicted molar refractivity (Wildman–Crippen MR) is 84.8 cm³/mol. The molecule has 1 fully saturated rings. The molecule has 19 heavy (non-hydrogen) atoms. The molecule has 3 heteroatoms. The van der Waals surface area contributed by atoms with Crippen LogP contribution in [0.2, 0.25) is 0 Å². The Balaban J connectivity index is 1.98. The van der Waals surface area contributed by atoms with E-state index in [9.17, 15) is 0 Å². The lowest BCUT2D eigenvalue weighted by Gasteiger charge is -2.26. The van der Waals surface area contributed by atoms with Crippen molar-refractivity contribution in [1.29, 1.82) is 0 Å². The van der Waals surface area contributed by atoms with E-state index in [0.717, 1.165) is 25.7 Å². The standard InChI is InChI=1S/C16H28N2S/c1-4-17-11-16-10-15(14(3)19-16)12-18-9-7-5-6-8-13(18)2/h10,13,17H,4-9,11-12H2,1-3H3. The lowest BCUT2D eigenvalue weighted by molar-refractivity contribution is 0.205. The largest absolute Gasteiger partial charge is 0.312 e. The van der Waals surface area contributed by atoms with Crippen molar-refractivity contribution in [3.05, 3.63) is 21.4 Å². The third-order valence-corrected chi connectivity index (χ3v) is 5.28. The molecule has 1 aliphatic heterocycles. The topological polar surface area (TPSA) is 15.3 Å². The molecule has 2 heterocycles. The highest BCUT2D eigenvalue weighted by atomic mass is 32.1. The van der Waals surface area contributed by atoms with Gasteiger partial charge in [-0.25, -0.2) is 0 Å². The van der Waals surface area contributed by atoms with Gasteiger partial charge >= 0.3 is 0 Å². The van der Waals surface area contributed by atoms with Crippen LogP contribution in [-0.2, 0) is 13.1 Å². The van der Waals surface area contributed by atoms with Crippen molar-refractivity contribution in [1.82, 2.24) is 10.2 Å². The van der Waals surface area contributed by atoms with E-state index in [0.29, 0.717) is 0 Å². The molecule has 0 spiro atoms. The van der Waals surface area contributed by atoms with Gasteiger partial charge in [0, 0.05) is 28.9 Å². The van der Waals surface area contributed by atoms with E-state index in [4.69, 9.17) is 0 Å². The fourth-order valence-electron chi connectivity index (χ4n) is 2.87. The first-order valence-electron chi connectivity index (χ1n) is 7.73. The van der Waals surface area contributed by atoms with Gasteiger partial charge in [-0.1, -0.05) is 19.8 Å². The molecule has 2 rings (SSSR count). The first-order valence-corrected chi connectivity index (χ1v) is 8.55. The van der Waals surface area contributed by atoms with Crippen LogP contribution in [0.25, 0.3) is 0 Å². The number of likely N-dealkylation sites (tertiary alicyclic amines) is 1. The van der Waals surface area contributed by atoms with Crippen molar-refractivity contribution in [3.63, 3.8) is 0 Å². The van der Waals surface area contributed by atoms with Crippen LogP contribution in [0, 0.1) is 6.92 Å². The van der Waals surface area contributed by atoms with Crippen molar-refractivity contribution < 1.29 is 0 Å². The zero-order valence-corrected chi connectivity index (χ0v) is 13.5.